The molecule has 0 bridgehead atoms. The van der Waals surface area contributed by atoms with Crippen LogP contribution in [0.2, 0.25) is 0 Å². The predicted molar refractivity (Wildman–Crippen MR) is 75.1 cm³/mol. The zero-order valence-electron chi connectivity index (χ0n) is 9.80. The van der Waals surface area contributed by atoms with Crippen LogP contribution in [0.3, 0.4) is 0 Å². The Morgan fingerprint density at radius 1 is 0.833 bits per heavy atom. The van der Waals surface area contributed by atoms with Crippen molar-refractivity contribution in [3.05, 3.63) is 66.4 Å². The molecule has 1 heteroatoms. The highest BCUT2D eigenvalue weighted by molar-refractivity contribution is 5.95. The number of pyridine rings is 1. The maximum absolute atomic E-state index is 5.57. The molecule has 0 fully saturated rings. The van der Waals surface area contributed by atoms with Crippen LogP contribution in [0.25, 0.3) is 22.0 Å². The van der Waals surface area contributed by atoms with Gasteiger partial charge in [-0.25, -0.2) is 0 Å². The van der Waals surface area contributed by atoms with Crippen LogP contribution in [0.1, 0.15) is 5.56 Å². The molecule has 3 aromatic rings. The lowest BCUT2D eigenvalue weighted by Crippen LogP contribution is -1.86. The first-order valence-corrected chi connectivity index (χ1v) is 5.80. The van der Waals surface area contributed by atoms with Gasteiger partial charge in [0.15, 0.2) is 0 Å². The number of nitrogens with zero attached hydrogens (tertiary/aromatic N) is 1. The topological polar surface area (TPSA) is 12.9 Å². The smallest absolute Gasteiger partial charge is 0.0708 e. The highest BCUT2D eigenvalue weighted by Crippen LogP contribution is 2.29. The Morgan fingerprint density at radius 3 is 2.56 bits per heavy atom. The molecule has 0 atom stereocenters. The van der Waals surface area contributed by atoms with E-state index < -0.39 is 0 Å². The summed E-state index contributed by atoms with van der Waals surface area (Å²) in [5.74, 6) is 2.74. The van der Waals surface area contributed by atoms with Gasteiger partial charge >= 0.3 is 0 Å². The third-order valence-corrected chi connectivity index (χ3v) is 3.02. The van der Waals surface area contributed by atoms with E-state index in [1.165, 1.54) is 0 Å². The first-order chi connectivity index (χ1) is 8.90. The molecule has 0 aliphatic heterocycles. The molecule has 0 radical (unpaired) electrons. The van der Waals surface area contributed by atoms with Gasteiger partial charge in [0.2, 0.25) is 0 Å². The van der Waals surface area contributed by atoms with Crippen molar-refractivity contribution in [3.63, 3.8) is 0 Å². The Bertz CT molecular complexity index is 745. The maximum Gasteiger partial charge on any atom is 0.0708 e. The van der Waals surface area contributed by atoms with E-state index >= 15 is 0 Å². The second-order valence-electron chi connectivity index (χ2n) is 4.07. The first kappa shape index (κ1) is 10.6. The van der Waals surface area contributed by atoms with Crippen LogP contribution in [-0.4, -0.2) is 4.98 Å². The quantitative estimate of drug-likeness (QED) is 0.577. The molecule has 1 aromatic heterocycles. The van der Waals surface area contributed by atoms with E-state index in [1.54, 1.807) is 6.20 Å². The van der Waals surface area contributed by atoms with Gasteiger partial charge < -0.3 is 0 Å². The van der Waals surface area contributed by atoms with Crippen LogP contribution in [-0.2, 0) is 0 Å². The molecule has 0 saturated heterocycles. The third kappa shape index (κ3) is 1.65. The monoisotopic (exact) mass is 229 g/mol. The van der Waals surface area contributed by atoms with Gasteiger partial charge in [-0.2, -0.15) is 0 Å². The molecule has 1 heterocycles. The summed E-state index contributed by atoms with van der Waals surface area (Å²) in [4.78, 5) is 4.37. The SMILES string of the molecule is C#Cc1ccccc1-c1cccc2ncccc12. The molecule has 0 unspecified atom stereocenters. The standard InChI is InChI=1S/C17H11N/c1-2-13-7-3-4-8-14(13)15-9-5-11-17-16(15)10-6-12-18-17/h1,3-12H. The highest BCUT2D eigenvalue weighted by Gasteiger charge is 2.06. The molecule has 2 aromatic carbocycles. The van der Waals surface area contributed by atoms with E-state index in [0.29, 0.717) is 0 Å². The summed E-state index contributed by atoms with van der Waals surface area (Å²) in [5.41, 5.74) is 4.11. The van der Waals surface area contributed by atoms with Crippen LogP contribution in [0, 0.1) is 12.3 Å². The van der Waals surface area contributed by atoms with E-state index in [4.69, 9.17) is 6.42 Å². The molecular formula is C17H11N. The average molecular weight is 229 g/mol. The average Bonchev–Trinajstić information content (AvgIpc) is 2.46. The Kier molecular flexibility index (Phi) is 2.55. The number of rotatable bonds is 1. The molecular weight excluding hydrogens is 218 g/mol. The summed E-state index contributed by atoms with van der Waals surface area (Å²) in [5, 5.41) is 1.13. The van der Waals surface area contributed by atoms with E-state index in [2.05, 4.69) is 29.1 Å². The molecule has 3 rings (SSSR count). The number of hydrogen-bond acceptors (Lipinski definition) is 1. The van der Waals surface area contributed by atoms with Crippen molar-refractivity contribution >= 4 is 10.9 Å². The molecule has 0 saturated carbocycles. The number of terminal acetylenes is 1. The molecule has 84 valence electrons. The van der Waals surface area contributed by atoms with Crippen molar-refractivity contribution < 1.29 is 0 Å². The van der Waals surface area contributed by atoms with Crippen LogP contribution < -0.4 is 0 Å². The van der Waals surface area contributed by atoms with E-state index in [0.717, 1.165) is 27.6 Å². The normalized spacial score (nSPS) is 10.2. The zero-order valence-corrected chi connectivity index (χ0v) is 9.80. The summed E-state index contributed by atoms with van der Waals surface area (Å²) in [6.07, 6.45) is 7.37. The lowest BCUT2D eigenvalue weighted by Gasteiger charge is -2.08. The van der Waals surface area contributed by atoms with Crippen LogP contribution in [0.5, 0.6) is 0 Å². The van der Waals surface area contributed by atoms with Crippen molar-refractivity contribution in [1.82, 2.24) is 4.98 Å². The van der Waals surface area contributed by atoms with Gasteiger partial charge in [-0.15, -0.1) is 6.42 Å². The molecule has 0 amide bonds. The Morgan fingerprint density at radius 2 is 1.67 bits per heavy atom. The Hall–Kier alpha value is -2.59. The van der Waals surface area contributed by atoms with Crippen LogP contribution >= 0.6 is 0 Å². The summed E-state index contributed by atoms with van der Waals surface area (Å²) in [7, 11) is 0. The van der Waals surface area contributed by atoms with Crippen LogP contribution in [0.4, 0.5) is 0 Å². The Labute approximate surface area is 106 Å². The van der Waals surface area contributed by atoms with Crippen molar-refractivity contribution in [2.75, 3.05) is 0 Å². The van der Waals surface area contributed by atoms with E-state index in [-0.39, 0.29) is 0 Å². The minimum absolute atomic E-state index is 0.911. The molecule has 1 nitrogen and oxygen atoms in total. The van der Waals surface area contributed by atoms with E-state index in [1.807, 2.05) is 36.4 Å². The van der Waals surface area contributed by atoms with Crippen molar-refractivity contribution in [2.45, 2.75) is 0 Å². The highest BCUT2D eigenvalue weighted by atomic mass is 14.6. The fourth-order valence-electron chi connectivity index (χ4n) is 2.18. The van der Waals surface area contributed by atoms with Gasteiger partial charge in [-0.1, -0.05) is 42.3 Å². The summed E-state index contributed by atoms with van der Waals surface area (Å²) in [6, 6.07) is 18.1. The fraction of sp³-hybridized carbons (Fsp3) is 0. The van der Waals surface area contributed by atoms with Crippen molar-refractivity contribution in [3.8, 4) is 23.5 Å². The van der Waals surface area contributed by atoms with Gasteiger partial charge in [-0.05, 0) is 29.3 Å². The number of benzene rings is 2. The van der Waals surface area contributed by atoms with Gasteiger partial charge in [-0.3, -0.25) is 4.98 Å². The van der Waals surface area contributed by atoms with Crippen molar-refractivity contribution in [2.24, 2.45) is 0 Å². The number of aromatic nitrogens is 1. The van der Waals surface area contributed by atoms with Gasteiger partial charge in [0, 0.05) is 17.1 Å². The largest absolute Gasteiger partial charge is 0.256 e. The summed E-state index contributed by atoms with van der Waals surface area (Å²) >= 11 is 0. The molecule has 0 aliphatic carbocycles. The lowest BCUT2D eigenvalue weighted by molar-refractivity contribution is 1.41. The molecule has 0 aliphatic rings. The molecule has 0 N–H and O–H groups in total. The minimum atomic E-state index is 0.911. The van der Waals surface area contributed by atoms with E-state index in [9.17, 15) is 0 Å². The zero-order chi connectivity index (χ0) is 12.4. The van der Waals surface area contributed by atoms with Gasteiger partial charge in [0.25, 0.3) is 0 Å². The van der Waals surface area contributed by atoms with Gasteiger partial charge in [0.05, 0.1) is 5.52 Å². The fourth-order valence-corrected chi connectivity index (χ4v) is 2.18. The summed E-state index contributed by atoms with van der Waals surface area (Å²) < 4.78 is 0. The van der Waals surface area contributed by atoms with Gasteiger partial charge in [0.1, 0.15) is 0 Å². The third-order valence-electron chi connectivity index (χ3n) is 3.02. The minimum Gasteiger partial charge on any atom is -0.256 e. The molecule has 0 spiro atoms. The number of fused-ring (bicyclic) bond motifs is 1. The summed E-state index contributed by atoms with van der Waals surface area (Å²) in [6.45, 7) is 0. The number of hydrogen-bond donors (Lipinski definition) is 0. The second kappa shape index (κ2) is 4.35. The molecule has 18 heavy (non-hydrogen) atoms. The first-order valence-electron chi connectivity index (χ1n) is 5.80. The second-order valence-corrected chi connectivity index (χ2v) is 4.07. The lowest BCUT2D eigenvalue weighted by atomic mass is 9.96. The van der Waals surface area contributed by atoms with Crippen LogP contribution in [0.15, 0.2) is 60.8 Å². The Balaban J connectivity index is 2.36. The predicted octanol–water partition coefficient (Wildman–Crippen LogP) is 3.88. The van der Waals surface area contributed by atoms with Crippen molar-refractivity contribution in [1.29, 1.82) is 0 Å². The maximum atomic E-state index is 5.57.